The molecule has 2 aromatic rings. The molecular weight excluding hydrogens is 598 g/mol. The first kappa shape index (κ1) is 34.3. The second-order valence-corrected chi connectivity index (χ2v) is 12.8. The zero-order valence-corrected chi connectivity index (χ0v) is 27.8. The number of alkyl carbamates (subject to hydrolysis) is 1. The quantitative estimate of drug-likeness (QED) is 0.188. The second kappa shape index (κ2) is 16.2. The van der Waals surface area contributed by atoms with Gasteiger partial charge in [0.1, 0.15) is 30.0 Å². The van der Waals surface area contributed by atoms with Gasteiger partial charge < -0.3 is 29.2 Å². The molecule has 1 aliphatic heterocycles. The maximum atomic E-state index is 14.4. The van der Waals surface area contributed by atoms with Gasteiger partial charge in [-0.1, -0.05) is 37.1 Å². The van der Waals surface area contributed by atoms with Gasteiger partial charge in [0.15, 0.2) is 0 Å². The first-order chi connectivity index (χ1) is 22.9. The number of allylic oxidation sites excluding steroid dienone is 2. The number of ether oxygens (including phenoxy) is 4. The van der Waals surface area contributed by atoms with Gasteiger partial charge in [-0.3, -0.25) is 4.79 Å². The zero-order valence-electron chi connectivity index (χ0n) is 27.8. The average Bonchev–Trinajstić information content (AvgIpc) is 3.86. The standard InChI is InChI=1S/C37H49N3O7/c1-5-8-15-24-18-13-21-31(24)47-37(43)39-32(25-16-9-10-17-25)35(41)40-23-26(22-30(40)36(42)44-4)46-34-28(14-6-2)33(45-7-3)27-19-11-12-20-29(27)38-34/h5-6,11-12,19-20,24-26,30-32H,1-2,7-10,13-18,21-23H2,3-4H3,(H,39,43)/t24-,26-,30+,31-,32+/m1/s1. The number of methoxy groups -OCH3 is 1. The van der Waals surface area contributed by atoms with Crippen LogP contribution in [-0.2, 0) is 25.5 Å². The molecule has 0 spiro atoms. The number of hydrogen-bond acceptors (Lipinski definition) is 8. The Balaban J connectivity index is 1.37. The minimum Gasteiger partial charge on any atom is -0.493 e. The molecular formula is C37H49N3O7. The van der Waals surface area contributed by atoms with Crippen LogP contribution in [0.15, 0.2) is 49.6 Å². The minimum atomic E-state index is -0.869. The summed E-state index contributed by atoms with van der Waals surface area (Å²) in [6.45, 7) is 10.3. The van der Waals surface area contributed by atoms with E-state index in [2.05, 4.69) is 18.5 Å². The normalized spacial score (nSPS) is 23.3. The first-order valence-electron chi connectivity index (χ1n) is 17.2. The molecule has 1 aromatic carbocycles. The molecule has 3 fully saturated rings. The van der Waals surface area contributed by atoms with Crippen LogP contribution in [0.4, 0.5) is 4.79 Å². The third-order valence-corrected chi connectivity index (χ3v) is 9.84. The van der Waals surface area contributed by atoms with Crippen LogP contribution in [0.3, 0.4) is 0 Å². The van der Waals surface area contributed by atoms with Crippen LogP contribution in [0.25, 0.3) is 10.9 Å². The van der Waals surface area contributed by atoms with Crippen LogP contribution in [0.1, 0.15) is 76.7 Å². The first-order valence-corrected chi connectivity index (χ1v) is 17.2. The highest BCUT2D eigenvalue weighted by Crippen LogP contribution is 2.38. The van der Waals surface area contributed by atoms with Gasteiger partial charge in [-0.2, -0.15) is 0 Å². The summed E-state index contributed by atoms with van der Waals surface area (Å²) >= 11 is 0. The third kappa shape index (κ3) is 7.91. The number of pyridine rings is 1. The number of carbonyl (C=O) groups excluding carboxylic acids is 3. The molecule has 10 heteroatoms. The third-order valence-electron chi connectivity index (χ3n) is 9.84. The Morgan fingerprint density at radius 2 is 1.87 bits per heavy atom. The van der Waals surface area contributed by atoms with Crippen molar-refractivity contribution in [1.82, 2.24) is 15.2 Å². The number of amides is 2. The van der Waals surface area contributed by atoms with Crippen LogP contribution in [-0.4, -0.2) is 72.4 Å². The summed E-state index contributed by atoms with van der Waals surface area (Å²) in [7, 11) is 1.31. The van der Waals surface area contributed by atoms with Crippen LogP contribution in [0, 0.1) is 11.8 Å². The molecule has 1 saturated heterocycles. The largest absolute Gasteiger partial charge is 0.493 e. The van der Waals surface area contributed by atoms with Gasteiger partial charge in [-0.15, -0.1) is 13.2 Å². The molecule has 1 aromatic heterocycles. The average molecular weight is 648 g/mol. The Labute approximate surface area is 277 Å². The number of likely N-dealkylation sites (tertiary alicyclic amines) is 1. The SMILES string of the molecule is C=CCC[C@@H]1CCC[C@H]1OC(=O)N[C@H](C(=O)N1C[C@H](Oc2nc3ccccc3c(OCC)c2CC=C)C[C@H]1C(=O)OC)C1CCCC1. The summed E-state index contributed by atoms with van der Waals surface area (Å²) in [6, 6.07) is 6.01. The number of nitrogens with one attached hydrogen (secondary N) is 1. The van der Waals surface area contributed by atoms with Crippen molar-refractivity contribution in [3.8, 4) is 11.6 Å². The van der Waals surface area contributed by atoms with Crippen molar-refractivity contribution in [3.63, 3.8) is 0 Å². The summed E-state index contributed by atoms with van der Waals surface area (Å²) < 4.78 is 23.7. The molecule has 0 bridgehead atoms. The highest BCUT2D eigenvalue weighted by molar-refractivity contribution is 5.91. The fourth-order valence-corrected chi connectivity index (χ4v) is 7.54. The van der Waals surface area contributed by atoms with Crippen molar-refractivity contribution in [2.45, 2.75) is 102 Å². The molecule has 5 atom stereocenters. The van der Waals surface area contributed by atoms with E-state index in [0.29, 0.717) is 30.2 Å². The van der Waals surface area contributed by atoms with Crippen molar-refractivity contribution in [2.24, 2.45) is 11.8 Å². The van der Waals surface area contributed by atoms with Gasteiger partial charge in [0.05, 0.1) is 31.3 Å². The molecule has 2 amide bonds. The number of fused-ring (bicyclic) bond motifs is 1. The highest BCUT2D eigenvalue weighted by atomic mass is 16.6. The number of aromatic nitrogens is 1. The lowest BCUT2D eigenvalue weighted by Gasteiger charge is -2.31. The maximum Gasteiger partial charge on any atom is 0.408 e. The van der Waals surface area contributed by atoms with E-state index in [-0.39, 0.29) is 36.8 Å². The van der Waals surface area contributed by atoms with E-state index in [1.54, 1.807) is 6.08 Å². The lowest BCUT2D eigenvalue weighted by Crippen LogP contribution is -2.55. The van der Waals surface area contributed by atoms with E-state index in [1.165, 1.54) is 12.0 Å². The summed E-state index contributed by atoms with van der Waals surface area (Å²) in [5.74, 6) is 0.452. The monoisotopic (exact) mass is 647 g/mol. The fourth-order valence-electron chi connectivity index (χ4n) is 7.54. The minimum absolute atomic E-state index is 0.0523. The van der Waals surface area contributed by atoms with Crippen LogP contribution in [0.2, 0.25) is 0 Å². The Hall–Kier alpha value is -4.08. The van der Waals surface area contributed by atoms with E-state index in [4.69, 9.17) is 23.9 Å². The van der Waals surface area contributed by atoms with Crippen LogP contribution < -0.4 is 14.8 Å². The van der Waals surface area contributed by atoms with E-state index in [1.807, 2.05) is 37.3 Å². The van der Waals surface area contributed by atoms with Crippen molar-refractivity contribution < 1.29 is 33.3 Å². The molecule has 1 N–H and O–H groups in total. The van der Waals surface area contributed by atoms with Gasteiger partial charge in [-0.25, -0.2) is 14.6 Å². The summed E-state index contributed by atoms with van der Waals surface area (Å²) in [5.41, 5.74) is 1.47. The molecule has 10 nitrogen and oxygen atoms in total. The molecule has 2 heterocycles. The van der Waals surface area contributed by atoms with E-state index in [9.17, 15) is 14.4 Å². The molecule has 2 aliphatic carbocycles. The van der Waals surface area contributed by atoms with Crippen molar-refractivity contribution in [2.75, 3.05) is 20.3 Å². The lowest BCUT2D eigenvalue weighted by molar-refractivity contribution is -0.152. The highest BCUT2D eigenvalue weighted by Gasteiger charge is 2.46. The fraction of sp³-hybridized carbons (Fsp3) is 0.568. The molecule has 3 aliphatic rings. The zero-order chi connectivity index (χ0) is 33.3. The number of carbonyl (C=O) groups is 3. The van der Waals surface area contributed by atoms with Crippen LogP contribution in [0.5, 0.6) is 11.6 Å². The maximum absolute atomic E-state index is 14.4. The van der Waals surface area contributed by atoms with E-state index in [0.717, 1.165) is 68.7 Å². The topological polar surface area (TPSA) is 116 Å². The number of esters is 1. The number of benzene rings is 1. The Morgan fingerprint density at radius 3 is 2.60 bits per heavy atom. The van der Waals surface area contributed by atoms with Gasteiger partial charge in [-0.05, 0) is 82.3 Å². The molecule has 47 heavy (non-hydrogen) atoms. The molecule has 5 rings (SSSR count). The summed E-state index contributed by atoms with van der Waals surface area (Å²) in [4.78, 5) is 47.1. The van der Waals surface area contributed by atoms with Gasteiger partial charge >= 0.3 is 12.1 Å². The summed E-state index contributed by atoms with van der Waals surface area (Å²) in [5, 5.41) is 3.81. The van der Waals surface area contributed by atoms with Crippen molar-refractivity contribution >= 4 is 28.9 Å². The van der Waals surface area contributed by atoms with E-state index >= 15 is 0 Å². The smallest absolute Gasteiger partial charge is 0.408 e. The van der Waals surface area contributed by atoms with Crippen LogP contribution >= 0.6 is 0 Å². The Kier molecular flexibility index (Phi) is 11.8. The molecule has 254 valence electrons. The lowest BCUT2D eigenvalue weighted by atomic mass is 9.96. The van der Waals surface area contributed by atoms with Crippen molar-refractivity contribution in [3.05, 3.63) is 55.1 Å². The number of nitrogens with zero attached hydrogens (tertiary/aromatic N) is 2. The molecule has 0 radical (unpaired) electrons. The number of para-hydroxylation sites is 1. The van der Waals surface area contributed by atoms with Gasteiger partial charge in [0.25, 0.3) is 0 Å². The van der Waals surface area contributed by atoms with E-state index < -0.39 is 30.3 Å². The predicted octanol–water partition coefficient (Wildman–Crippen LogP) is 6.30. The van der Waals surface area contributed by atoms with Crippen molar-refractivity contribution in [1.29, 1.82) is 0 Å². The Bertz CT molecular complexity index is 1440. The molecule has 2 saturated carbocycles. The van der Waals surface area contributed by atoms with Gasteiger partial charge in [0.2, 0.25) is 11.8 Å². The number of hydrogen-bond donors (Lipinski definition) is 1. The second-order valence-electron chi connectivity index (χ2n) is 12.8. The van der Waals surface area contributed by atoms with Gasteiger partial charge in [0, 0.05) is 11.8 Å². The Morgan fingerprint density at radius 1 is 1.09 bits per heavy atom. The predicted molar refractivity (Wildman–Crippen MR) is 179 cm³/mol. The number of rotatable bonds is 14. The summed E-state index contributed by atoms with van der Waals surface area (Å²) in [6.07, 6.45) is 11.3. The molecule has 0 unspecified atom stereocenters.